The molecule has 0 saturated heterocycles. The van der Waals surface area contributed by atoms with Gasteiger partial charge in [0.1, 0.15) is 0 Å². The molecule has 52 valence electrons. The van der Waals surface area contributed by atoms with Gasteiger partial charge >= 0.3 is 16.6 Å². The summed E-state index contributed by atoms with van der Waals surface area (Å²) in [6.45, 7) is 4.44. The van der Waals surface area contributed by atoms with E-state index in [1.54, 1.807) is 0 Å². The number of rotatable bonds is 5. The summed E-state index contributed by atoms with van der Waals surface area (Å²) < 4.78 is 14.6. The van der Waals surface area contributed by atoms with Crippen molar-refractivity contribution < 1.29 is 13.3 Å². The van der Waals surface area contributed by atoms with E-state index in [9.17, 15) is 0 Å². The lowest BCUT2D eigenvalue weighted by Crippen LogP contribution is -2.19. The summed E-state index contributed by atoms with van der Waals surface area (Å²) in [4.78, 5) is 0. The van der Waals surface area contributed by atoms with Crippen molar-refractivity contribution in [3.8, 4) is 0 Å². The second-order valence-electron chi connectivity index (χ2n) is 1.34. The van der Waals surface area contributed by atoms with E-state index >= 15 is 0 Å². The van der Waals surface area contributed by atoms with E-state index < -0.39 is 6.48 Å². The predicted molar refractivity (Wildman–Crippen MR) is 33.9 cm³/mol. The zero-order valence-electron chi connectivity index (χ0n) is 5.79. The minimum atomic E-state index is -0.523. The van der Waals surface area contributed by atoms with Gasteiger partial charge in [-0.1, -0.05) is 0 Å². The minimum Gasteiger partial charge on any atom is -0.475 e. The minimum absolute atomic E-state index is 0.523. The molecule has 0 aromatic rings. The van der Waals surface area contributed by atoms with Gasteiger partial charge in [0.15, 0.2) is 0 Å². The summed E-state index contributed by atoms with van der Waals surface area (Å²) in [6.07, 6.45) is 0. The van der Waals surface area contributed by atoms with Crippen LogP contribution in [0.1, 0.15) is 13.8 Å². The first-order valence-electron chi connectivity index (χ1n) is 2.93. The zero-order valence-corrected chi connectivity index (χ0v) is 6.95. The van der Waals surface area contributed by atoms with E-state index in [-0.39, 0.29) is 0 Å². The first-order chi connectivity index (χ1) is 4.35. The fraction of sp³-hybridized carbons (Fsp3) is 1.00. The van der Waals surface area contributed by atoms with E-state index in [0.717, 1.165) is 0 Å². The van der Waals surface area contributed by atoms with E-state index in [0.29, 0.717) is 13.2 Å². The summed E-state index contributed by atoms with van der Waals surface area (Å²) >= 11 is 2.09. The first kappa shape index (κ1) is 9.41. The average molecular weight is 146 g/mol. The molecule has 0 fully saturated rings. The van der Waals surface area contributed by atoms with Crippen LogP contribution >= 0.6 is 0 Å². The molecule has 0 unspecified atom stereocenters. The summed E-state index contributed by atoms with van der Waals surface area (Å²) in [5, 5.41) is 0. The second kappa shape index (κ2) is 6.53. The Morgan fingerprint density at radius 1 is 1.22 bits per heavy atom. The molecular formula is C5H11AlO3. The van der Waals surface area contributed by atoms with E-state index in [2.05, 4.69) is 16.6 Å². The highest BCUT2D eigenvalue weighted by Crippen LogP contribution is 1.93. The molecule has 2 radical (unpaired) electrons. The maximum Gasteiger partial charge on any atom is 0.377 e. The summed E-state index contributed by atoms with van der Waals surface area (Å²) in [7, 11) is 0. The largest absolute Gasteiger partial charge is 0.475 e. The fourth-order valence-corrected chi connectivity index (χ4v) is 0.556. The molecule has 0 aromatic carbocycles. The zero-order chi connectivity index (χ0) is 7.11. The van der Waals surface area contributed by atoms with Crippen LogP contribution in [0.2, 0.25) is 0 Å². The lowest BCUT2D eigenvalue weighted by atomic mass is 10.8. The Balaban J connectivity index is 3.18. The van der Waals surface area contributed by atoms with Crippen LogP contribution in [0, 0.1) is 0 Å². The van der Waals surface area contributed by atoms with Gasteiger partial charge in [-0.25, -0.2) is 0 Å². The molecule has 4 heteroatoms. The molecule has 0 aromatic heterocycles. The van der Waals surface area contributed by atoms with Gasteiger partial charge in [0.25, 0.3) is 0 Å². The average Bonchev–Trinajstić information content (AvgIpc) is 1.88. The van der Waals surface area contributed by atoms with Crippen molar-refractivity contribution in [2.45, 2.75) is 20.3 Å². The van der Waals surface area contributed by atoms with Crippen LogP contribution in [0.25, 0.3) is 0 Å². The van der Waals surface area contributed by atoms with Crippen LogP contribution in [0.3, 0.4) is 0 Å². The summed E-state index contributed by atoms with van der Waals surface area (Å²) in [5.41, 5.74) is 0. The molecule has 0 saturated carbocycles. The maximum atomic E-state index is 4.97. The Bertz CT molecular complexity index is 54.2. The third kappa shape index (κ3) is 4.89. The Hall–Kier alpha value is 0.412. The van der Waals surface area contributed by atoms with Gasteiger partial charge in [-0.3, -0.25) is 0 Å². The molecule has 0 rings (SSSR count). The number of ether oxygens (including phenoxy) is 2. The molecule has 0 aliphatic heterocycles. The highest BCUT2D eigenvalue weighted by Gasteiger charge is 2.00. The fourth-order valence-electron chi connectivity index (χ4n) is 0.399. The maximum absolute atomic E-state index is 4.97. The van der Waals surface area contributed by atoms with Crippen LogP contribution < -0.4 is 0 Å². The second-order valence-corrected chi connectivity index (χ2v) is 1.61. The van der Waals surface area contributed by atoms with Crippen molar-refractivity contribution in [1.29, 1.82) is 0 Å². The van der Waals surface area contributed by atoms with Gasteiger partial charge in [-0.2, -0.15) is 0 Å². The van der Waals surface area contributed by atoms with Gasteiger partial charge < -0.3 is 13.3 Å². The third-order valence-electron chi connectivity index (χ3n) is 0.717. The van der Waals surface area contributed by atoms with Crippen molar-refractivity contribution in [3.63, 3.8) is 0 Å². The first-order valence-corrected chi connectivity index (χ1v) is 3.41. The van der Waals surface area contributed by atoms with E-state index in [1.807, 2.05) is 13.8 Å². The highest BCUT2D eigenvalue weighted by molar-refractivity contribution is 5.97. The smallest absolute Gasteiger partial charge is 0.377 e. The highest BCUT2D eigenvalue weighted by atomic mass is 27.1. The summed E-state index contributed by atoms with van der Waals surface area (Å²) in [5.74, 6) is 0. The summed E-state index contributed by atoms with van der Waals surface area (Å²) in [6, 6.07) is 0. The lowest BCUT2D eigenvalue weighted by Gasteiger charge is -2.15. The molecule has 0 spiro atoms. The Kier molecular flexibility index (Phi) is 6.83. The van der Waals surface area contributed by atoms with Crippen LogP contribution in [0.15, 0.2) is 0 Å². The standard InChI is InChI=1S/C5H11O3.Al/c1-3-7-5(6)8-4-2;/h5H,3-4H2,1-2H3;/q-1;+1. The van der Waals surface area contributed by atoms with Crippen LogP contribution in [-0.4, -0.2) is 36.3 Å². The van der Waals surface area contributed by atoms with Crippen molar-refractivity contribution in [3.05, 3.63) is 0 Å². The molecule has 0 atom stereocenters. The topological polar surface area (TPSA) is 27.7 Å². The van der Waals surface area contributed by atoms with Crippen molar-refractivity contribution in [1.82, 2.24) is 0 Å². The number of hydrogen-bond acceptors (Lipinski definition) is 3. The van der Waals surface area contributed by atoms with Crippen LogP contribution in [-0.2, 0) is 13.3 Å². The van der Waals surface area contributed by atoms with Gasteiger partial charge in [0, 0.05) is 13.2 Å². The molecule has 0 amide bonds. The van der Waals surface area contributed by atoms with Gasteiger partial charge in [0.2, 0.25) is 6.48 Å². The Morgan fingerprint density at radius 3 is 1.89 bits per heavy atom. The van der Waals surface area contributed by atoms with Gasteiger partial charge in [0.05, 0.1) is 0 Å². The van der Waals surface area contributed by atoms with Crippen molar-refractivity contribution in [2.24, 2.45) is 0 Å². The monoisotopic (exact) mass is 146 g/mol. The number of hydrogen-bond donors (Lipinski definition) is 0. The Morgan fingerprint density at radius 2 is 1.67 bits per heavy atom. The molecular weight excluding hydrogens is 135 g/mol. The molecule has 0 bridgehead atoms. The third-order valence-corrected chi connectivity index (χ3v) is 0.939. The predicted octanol–water partition coefficient (Wildman–Crippen LogP) is 0.443. The van der Waals surface area contributed by atoms with E-state index in [1.165, 1.54) is 0 Å². The quantitative estimate of drug-likeness (QED) is 0.416. The van der Waals surface area contributed by atoms with Crippen molar-refractivity contribution in [2.75, 3.05) is 13.2 Å². The van der Waals surface area contributed by atoms with Gasteiger partial charge in [-0.15, -0.1) is 0 Å². The lowest BCUT2D eigenvalue weighted by molar-refractivity contribution is -0.241. The van der Waals surface area contributed by atoms with E-state index in [4.69, 9.17) is 13.3 Å². The molecule has 0 N–H and O–H groups in total. The Labute approximate surface area is 64.0 Å². The molecule has 0 heterocycles. The molecule has 9 heavy (non-hydrogen) atoms. The van der Waals surface area contributed by atoms with Gasteiger partial charge in [-0.05, 0) is 13.8 Å². The normalized spacial score (nSPS) is 10.6. The molecule has 3 nitrogen and oxygen atoms in total. The van der Waals surface area contributed by atoms with Crippen LogP contribution in [0.4, 0.5) is 0 Å². The molecule has 0 aliphatic carbocycles. The van der Waals surface area contributed by atoms with Crippen LogP contribution in [0.5, 0.6) is 0 Å². The molecule has 0 aliphatic rings. The SMILES string of the molecule is CCOC([O][Al])OCC. The van der Waals surface area contributed by atoms with Crippen molar-refractivity contribution >= 4 is 16.6 Å².